The predicted molar refractivity (Wildman–Crippen MR) is 154 cm³/mol. The van der Waals surface area contributed by atoms with Crippen molar-refractivity contribution in [3.63, 3.8) is 0 Å². The second kappa shape index (κ2) is 11.2. The fourth-order valence-electron chi connectivity index (χ4n) is 5.05. The first-order chi connectivity index (χ1) is 19.5. The fraction of sp³-hybridized carbons (Fsp3) is 0.433. The van der Waals surface area contributed by atoms with Crippen LogP contribution in [0.15, 0.2) is 48.9 Å². The molecule has 3 heterocycles. The Morgan fingerprint density at radius 2 is 1.76 bits per heavy atom. The Morgan fingerprint density at radius 3 is 2.37 bits per heavy atom. The van der Waals surface area contributed by atoms with Gasteiger partial charge in [-0.1, -0.05) is 0 Å². The molecule has 41 heavy (non-hydrogen) atoms. The van der Waals surface area contributed by atoms with Gasteiger partial charge in [-0.25, -0.2) is 14.6 Å². The first kappa shape index (κ1) is 28.1. The molecule has 1 aromatic carbocycles. The molecule has 3 aromatic heterocycles. The monoisotopic (exact) mass is 560 g/mol. The summed E-state index contributed by atoms with van der Waals surface area (Å²) in [5.74, 6) is 0.841. The van der Waals surface area contributed by atoms with Crippen LogP contribution in [0.2, 0.25) is 0 Å². The van der Waals surface area contributed by atoms with E-state index in [-0.39, 0.29) is 18.1 Å². The summed E-state index contributed by atoms with van der Waals surface area (Å²) >= 11 is 0. The molecule has 0 radical (unpaired) electrons. The van der Waals surface area contributed by atoms with Crippen LogP contribution in [0, 0.1) is 0 Å². The zero-order valence-electron chi connectivity index (χ0n) is 24.3. The van der Waals surface area contributed by atoms with Gasteiger partial charge >= 0.3 is 12.1 Å². The third kappa shape index (κ3) is 6.18. The van der Waals surface area contributed by atoms with Gasteiger partial charge in [-0.15, -0.1) is 0 Å². The lowest BCUT2D eigenvalue weighted by Crippen LogP contribution is -2.34. The van der Waals surface area contributed by atoms with Crippen LogP contribution >= 0.6 is 0 Å². The number of hydrogen-bond donors (Lipinski definition) is 0. The minimum atomic E-state index is -0.616. The number of methoxy groups -OCH3 is 1. The molecule has 0 N–H and O–H groups in total. The molecule has 1 aliphatic carbocycles. The van der Waals surface area contributed by atoms with Gasteiger partial charge in [0.15, 0.2) is 0 Å². The highest BCUT2D eigenvalue weighted by molar-refractivity contribution is 5.96. The van der Waals surface area contributed by atoms with Gasteiger partial charge in [-0.2, -0.15) is 10.2 Å². The minimum Gasteiger partial charge on any atom is -0.490 e. The average Bonchev–Trinajstić information content (AvgIpc) is 3.55. The van der Waals surface area contributed by atoms with E-state index >= 15 is 0 Å². The number of esters is 1. The molecule has 216 valence electrons. The number of rotatable bonds is 6. The van der Waals surface area contributed by atoms with Crippen molar-refractivity contribution in [2.75, 3.05) is 19.1 Å². The lowest BCUT2D eigenvalue weighted by Gasteiger charge is -2.29. The molecule has 1 amide bonds. The molecule has 0 aliphatic heterocycles. The van der Waals surface area contributed by atoms with Gasteiger partial charge in [0.05, 0.1) is 36.5 Å². The summed E-state index contributed by atoms with van der Waals surface area (Å²) in [6.07, 6.45) is 8.52. The van der Waals surface area contributed by atoms with Crippen LogP contribution in [-0.2, 0) is 16.5 Å². The zero-order valence-corrected chi connectivity index (χ0v) is 24.3. The number of carbonyl (C=O) groups is 2. The zero-order chi connectivity index (χ0) is 29.3. The second-order valence-electron chi connectivity index (χ2n) is 11.4. The first-order valence-electron chi connectivity index (χ1n) is 13.7. The molecule has 11 heteroatoms. The molecule has 1 saturated carbocycles. The van der Waals surface area contributed by atoms with E-state index in [1.807, 2.05) is 40.1 Å². The number of carbonyl (C=O) groups excluding carboxylic acids is 2. The van der Waals surface area contributed by atoms with Crippen LogP contribution in [0.4, 0.5) is 10.6 Å². The van der Waals surface area contributed by atoms with Crippen molar-refractivity contribution in [1.29, 1.82) is 0 Å². The van der Waals surface area contributed by atoms with E-state index in [1.54, 1.807) is 48.4 Å². The molecule has 0 saturated heterocycles. The Kier molecular flexibility index (Phi) is 7.70. The number of ether oxygens (including phenoxy) is 3. The molecule has 5 rings (SSSR count). The second-order valence-corrected chi connectivity index (χ2v) is 11.4. The highest BCUT2D eigenvalue weighted by Crippen LogP contribution is 2.37. The van der Waals surface area contributed by atoms with E-state index in [0.29, 0.717) is 11.4 Å². The van der Waals surface area contributed by atoms with Gasteiger partial charge in [0.1, 0.15) is 22.9 Å². The van der Waals surface area contributed by atoms with Crippen LogP contribution in [-0.4, -0.2) is 62.5 Å². The Morgan fingerprint density at radius 1 is 1.05 bits per heavy atom. The van der Waals surface area contributed by atoms with Gasteiger partial charge < -0.3 is 14.2 Å². The summed E-state index contributed by atoms with van der Waals surface area (Å²) < 4.78 is 20.4. The predicted octanol–water partition coefficient (Wildman–Crippen LogP) is 5.55. The van der Waals surface area contributed by atoms with Crippen molar-refractivity contribution >= 4 is 28.8 Å². The van der Waals surface area contributed by atoms with Crippen molar-refractivity contribution in [2.24, 2.45) is 7.05 Å². The molecule has 11 nitrogen and oxygen atoms in total. The van der Waals surface area contributed by atoms with Crippen LogP contribution in [0.25, 0.3) is 22.2 Å². The Hall–Kier alpha value is -4.41. The lowest BCUT2D eigenvalue weighted by atomic mass is 9.93. The number of nitrogens with zero attached hydrogens (tertiary/aromatic N) is 6. The molecule has 4 aromatic rings. The van der Waals surface area contributed by atoms with Crippen LogP contribution in [0.5, 0.6) is 5.75 Å². The van der Waals surface area contributed by atoms with Gasteiger partial charge in [0.2, 0.25) is 0 Å². The van der Waals surface area contributed by atoms with Gasteiger partial charge in [-0.3, -0.25) is 14.3 Å². The normalized spacial score (nSPS) is 17.3. The number of benzene rings is 1. The number of fused-ring (bicyclic) bond motifs is 1. The smallest absolute Gasteiger partial charge is 0.415 e. The molecule has 0 spiro atoms. The Balaban J connectivity index is 1.38. The fourth-order valence-corrected chi connectivity index (χ4v) is 5.05. The molecular formula is C30H36N6O5. The first-order valence-corrected chi connectivity index (χ1v) is 13.7. The topological polar surface area (TPSA) is 114 Å². The lowest BCUT2D eigenvalue weighted by molar-refractivity contribution is 0.0583. The third-order valence-corrected chi connectivity index (χ3v) is 7.13. The molecule has 0 bridgehead atoms. The van der Waals surface area contributed by atoms with Crippen molar-refractivity contribution in [1.82, 2.24) is 24.5 Å². The van der Waals surface area contributed by atoms with Crippen molar-refractivity contribution in [2.45, 2.75) is 64.2 Å². The number of hydrogen-bond acceptors (Lipinski definition) is 8. The average molecular weight is 561 g/mol. The quantitative estimate of drug-likeness (QED) is 0.282. The van der Waals surface area contributed by atoms with Crippen LogP contribution in [0.3, 0.4) is 0 Å². The summed E-state index contributed by atoms with van der Waals surface area (Å²) in [6.45, 7) is 5.51. The van der Waals surface area contributed by atoms with Gasteiger partial charge in [0, 0.05) is 43.5 Å². The van der Waals surface area contributed by atoms with E-state index in [1.165, 1.54) is 12.0 Å². The maximum atomic E-state index is 12.8. The number of pyridine rings is 1. The maximum Gasteiger partial charge on any atom is 0.415 e. The summed E-state index contributed by atoms with van der Waals surface area (Å²) in [4.78, 5) is 30.5. The van der Waals surface area contributed by atoms with E-state index in [2.05, 4.69) is 14.8 Å². The highest BCUT2D eigenvalue weighted by Gasteiger charge is 2.28. The van der Waals surface area contributed by atoms with Gasteiger partial charge in [-0.05, 0) is 70.7 Å². The summed E-state index contributed by atoms with van der Waals surface area (Å²) in [5.41, 5.74) is 2.47. The number of amides is 1. The summed E-state index contributed by atoms with van der Waals surface area (Å²) in [6, 6.07) is 9.07. The van der Waals surface area contributed by atoms with Crippen molar-refractivity contribution in [3.8, 4) is 17.0 Å². The maximum absolute atomic E-state index is 12.8. The number of aryl methyl sites for hydroxylation is 1. The Bertz CT molecular complexity index is 1540. The standard InChI is InChI=1S/C30H36N6O5/c1-30(2,3)41-29(38)35(5)26-15-25-24(17-31-26)27(20-16-32-34(4)18-20)33-36(25)21-9-13-23(14-10-21)40-22-11-7-19(8-12-22)28(37)39-6/h7-8,11-12,15-18,21,23H,9-10,13-14H2,1-6H3. The van der Waals surface area contributed by atoms with E-state index in [0.717, 1.165) is 53.6 Å². The summed E-state index contributed by atoms with van der Waals surface area (Å²) in [5, 5.41) is 10.3. The number of aromatic nitrogens is 5. The molecule has 0 unspecified atom stereocenters. The molecule has 1 aliphatic rings. The SMILES string of the molecule is COC(=O)c1ccc(OC2CCC(n3nc(-c4cnn(C)c4)c4cnc(N(C)C(=O)OC(C)(C)C)cc43)CC2)cc1. The molecule has 0 atom stereocenters. The highest BCUT2D eigenvalue weighted by atomic mass is 16.6. The van der Waals surface area contributed by atoms with E-state index in [4.69, 9.17) is 19.3 Å². The summed E-state index contributed by atoms with van der Waals surface area (Å²) in [7, 11) is 4.90. The third-order valence-electron chi connectivity index (χ3n) is 7.13. The largest absolute Gasteiger partial charge is 0.490 e. The van der Waals surface area contributed by atoms with Crippen molar-refractivity contribution < 1.29 is 23.8 Å². The minimum absolute atomic E-state index is 0.0605. The van der Waals surface area contributed by atoms with Crippen molar-refractivity contribution in [3.05, 3.63) is 54.5 Å². The molecule has 1 fully saturated rings. The number of anilines is 1. The van der Waals surface area contributed by atoms with Gasteiger partial charge in [0.25, 0.3) is 0 Å². The van der Waals surface area contributed by atoms with Crippen LogP contribution in [0.1, 0.15) is 62.9 Å². The van der Waals surface area contributed by atoms with E-state index in [9.17, 15) is 9.59 Å². The van der Waals surface area contributed by atoms with E-state index < -0.39 is 11.7 Å². The molecular weight excluding hydrogens is 524 g/mol. The Labute approximate surface area is 239 Å². The van der Waals surface area contributed by atoms with Crippen LogP contribution < -0.4 is 9.64 Å².